The molecule has 0 spiro atoms. The van der Waals surface area contributed by atoms with Gasteiger partial charge < -0.3 is 15.4 Å². The van der Waals surface area contributed by atoms with Crippen LogP contribution in [0, 0.1) is 0 Å². The third-order valence-electron chi connectivity index (χ3n) is 5.24. The molecular weight excluding hydrogens is 400 g/mol. The zero-order valence-electron chi connectivity index (χ0n) is 18.6. The fourth-order valence-electron chi connectivity index (χ4n) is 3.35. The highest BCUT2D eigenvalue weighted by molar-refractivity contribution is 6.04. The van der Waals surface area contributed by atoms with Crippen molar-refractivity contribution in [2.75, 3.05) is 11.9 Å². The van der Waals surface area contributed by atoms with Crippen molar-refractivity contribution < 1.29 is 14.3 Å². The topological polar surface area (TPSA) is 67.4 Å². The summed E-state index contributed by atoms with van der Waals surface area (Å²) in [5.41, 5.74) is 3.26. The monoisotopic (exact) mass is 430 g/mol. The highest BCUT2D eigenvalue weighted by atomic mass is 16.5. The third kappa shape index (κ3) is 6.45. The molecule has 0 saturated carbocycles. The van der Waals surface area contributed by atoms with Gasteiger partial charge in [0.25, 0.3) is 11.8 Å². The van der Waals surface area contributed by atoms with E-state index >= 15 is 0 Å². The Bertz CT molecular complexity index is 1020. The van der Waals surface area contributed by atoms with Gasteiger partial charge in [0.05, 0.1) is 11.3 Å². The molecule has 0 bridgehead atoms. The maximum Gasteiger partial charge on any atom is 0.265 e. The molecule has 0 fully saturated rings. The molecule has 32 heavy (non-hydrogen) atoms. The van der Waals surface area contributed by atoms with Crippen LogP contribution >= 0.6 is 0 Å². The van der Waals surface area contributed by atoms with Gasteiger partial charge in [-0.3, -0.25) is 9.59 Å². The molecule has 166 valence electrons. The normalized spacial score (nSPS) is 11.4. The van der Waals surface area contributed by atoms with Crippen molar-refractivity contribution in [1.82, 2.24) is 5.32 Å². The average molecular weight is 431 g/mol. The molecule has 0 aromatic heterocycles. The number of hydrogen-bond donors (Lipinski definition) is 2. The molecule has 3 aromatic rings. The molecule has 1 atom stereocenters. The molecule has 3 rings (SSSR count). The van der Waals surface area contributed by atoms with Crippen LogP contribution in [0.15, 0.2) is 78.9 Å². The Labute approximate surface area is 189 Å². The number of ether oxygens (including phenoxy) is 1. The number of para-hydroxylation sites is 1. The maximum atomic E-state index is 12.9. The summed E-state index contributed by atoms with van der Waals surface area (Å²) in [4.78, 5) is 25.6. The number of hydrogen-bond acceptors (Lipinski definition) is 3. The van der Waals surface area contributed by atoms with Crippen LogP contribution < -0.4 is 15.4 Å². The molecule has 5 nitrogen and oxygen atoms in total. The summed E-state index contributed by atoms with van der Waals surface area (Å²) < 4.78 is 5.90. The van der Waals surface area contributed by atoms with E-state index in [0.29, 0.717) is 30.0 Å². The van der Waals surface area contributed by atoms with Gasteiger partial charge in [0.2, 0.25) is 0 Å². The van der Waals surface area contributed by atoms with E-state index in [1.807, 2.05) is 61.5 Å². The number of nitrogens with one attached hydrogen (secondary N) is 2. The van der Waals surface area contributed by atoms with E-state index in [4.69, 9.17) is 4.74 Å². The Kier molecular flexibility index (Phi) is 8.44. The minimum Gasteiger partial charge on any atom is -0.481 e. The number of benzene rings is 3. The van der Waals surface area contributed by atoms with E-state index in [9.17, 15) is 9.59 Å². The highest BCUT2D eigenvalue weighted by Gasteiger charge is 2.21. The van der Waals surface area contributed by atoms with Crippen LogP contribution in [0.4, 0.5) is 5.69 Å². The lowest BCUT2D eigenvalue weighted by atomic mass is 10.1. The third-order valence-corrected chi connectivity index (χ3v) is 5.24. The summed E-state index contributed by atoms with van der Waals surface area (Å²) in [6, 6.07) is 24.7. The minimum absolute atomic E-state index is 0.221. The lowest BCUT2D eigenvalue weighted by molar-refractivity contribution is -0.122. The molecule has 5 heteroatoms. The van der Waals surface area contributed by atoms with Crippen molar-refractivity contribution in [3.05, 3.63) is 95.6 Å². The fourth-order valence-corrected chi connectivity index (χ4v) is 3.35. The van der Waals surface area contributed by atoms with E-state index in [2.05, 4.69) is 17.6 Å². The molecule has 0 aliphatic heterocycles. The van der Waals surface area contributed by atoms with Crippen LogP contribution in [-0.2, 0) is 17.6 Å². The van der Waals surface area contributed by atoms with Crippen LogP contribution in [0.3, 0.4) is 0 Å². The Hall–Kier alpha value is -3.60. The van der Waals surface area contributed by atoms with Gasteiger partial charge in [-0.05, 0) is 54.7 Å². The van der Waals surface area contributed by atoms with Crippen molar-refractivity contribution in [3.63, 3.8) is 0 Å². The van der Waals surface area contributed by atoms with Crippen molar-refractivity contribution in [3.8, 4) is 5.75 Å². The van der Waals surface area contributed by atoms with Crippen LogP contribution in [0.5, 0.6) is 5.75 Å². The van der Waals surface area contributed by atoms with E-state index in [-0.39, 0.29) is 11.8 Å². The molecule has 0 saturated heterocycles. The first-order valence-electron chi connectivity index (χ1n) is 11.1. The quantitative estimate of drug-likeness (QED) is 0.475. The molecular formula is C27H30N2O3. The summed E-state index contributed by atoms with van der Waals surface area (Å²) in [5.74, 6) is 0.147. The molecule has 0 radical (unpaired) electrons. The number of carbonyl (C=O) groups excluding carboxylic acids is 2. The largest absolute Gasteiger partial charge is 0.481 e. The van der Waals surface area contributed by atoms with Crippen LogP contribution in [0.1, 0.15) is 41.8 Å². The van der Waals surface area contributed by atoms with Gasteiger partial charge in [0.15, 0.2) is 6.10 Å². The zero-order valence-corrected chi connectivity index (χ0v) is 18.6. The Morgan fingerprint density at radius 2 is 1.53 bits per heavy atom. The smallest absolute Gasteiger partial charge is 0.265 e. The van der Waals surface area contributed by atoms with E-state index < -0.39 is 6.10 Å². The molecule has 3 aromatic carbocycles. The second-order valence-electron chi connectivity index (χ2n) is 7.54. The second-order valence-corrected chi connectivity index (χ2v) is 7.54. The first-order chi connectivity index (χ1) is 15.6. The second kappa shape index (κ2) is 11.7. The molecule has 0 aliphatic carbocycles. The number of rotatable bonds is 10. The molecule has 0 heterocycles. The van der Waals surface area contributed by atoms with E-state index in [1.165, 1.54) is 5.56 Å². The molecule has 0 aliphatic rings. The average Bonchev–Trinajstić information content (AvgIpc) is 2.83. The first kappa shape index (κ1) is 23.1. The number of carbonyl (C=O) groups is 2. The summed E-state index contributed by atoms with van der Waals surface area (Å²) in [6.07, 6.45) is 1.54. The SMILES string of the molecule is CCc1ccc(O[C@H](CC)C(=O)Nc2ccccc2C(=O)NCCc2ccccc2)cc1. The van der Waals surface area contributed by atoms with Gasteiger partial charge >= 0.3 is 0 Å². The first-order valence-corrected chi connectivity index (χ1v) is 11.1. The van der Waals surface area contributed by atoms with Crippen molar-refractivity contribution in [2.45, 2.75) is 39.2 Å². The maximum absolute atomic E-state index is 12.9. The Balaban J connectivity index is 1.61. The van der Waals surface area contributed by atoms with Gasteiger partial charge in [-0.2, -0.15) is 0 Å². The van der Waals surface area contributed by atoms with Gasteiger partial charge in [-0.1, -0.05) is 68.4 Å². The van der Waals surface area contributed by atoms with Gasteiger partial charge in [-0.25, -0.2) is 0 Å². The Morgan fingerprint density at radius 3 is 2.22 bits per heavy atom. The predicted molar refractivity (Wildman–Crippen MR) is 128 cm³/mol. The van der Waals surface area contributed by atoms with Gasteiger partial charge in [0, 0.05) is 6.54 Å². The molecule has 2 N–H and O–H groups in total. The summed E-state index contributed by atoms with van der Waals surface area (Å²) >= 11 is 0. The molecule has 2 amide bonds. The van der Waals surface area contributed by atoms with Crippen molar-refractivity contribution >= 4 is 17.5 Å². The lowest BCUT2D eigenvalue weighted by Gasteiger charge is -2.18. The summed E-state index contributed by atoms with van der Waals surface area (Å²) in [6.45, 7) is 4.50. The number of aryl methyl sites for hydroxylation is 1. The lowest BCUT2D eigenvalue weighted by Crippen LogP contribution is -2.33. The highest BCUT2D eigenvalue weighted by Crippen LogP contribution is 2.19. The van der Waals surface area contributed by atoms with Crippen molar-refractivity contribution in [1.29, 1.82) is 0 Å². The van der Waals surface area contributed by atoms with E-state index in [1.54, 1.807) is 24.3 Å². The zero-order chi connectivity index (χ0) is 22.8. The van der Waals surface area contributed by atoms with E-state index in [0.717, 1.165) is 18.4 Å². The standard InChI is InChI=1S/C27H30N2O3/c1-3-20-14-16-22(17-15-20)32-25(4-2)27(31)29-24-13-9-8-12-23(24)26(30)28-19-18-21-10-6-5-7-11-21/h5-17,25H,3-4,18-19H2,1-2H3,(H,28,30)(H,29,31)/t25-/m1/s1. The van der Waals surface area contributed by atoms with Gasteiger partial charge in [0.1, 0.15) is 5.75 Å². The minimum atomic E-state index is -0.656. The predicted octanol–water partition coefficient (Wildman–Crippen LogP) is 5.02. The van der Waals surface area contributed by atoms with Crippen LogP contribution in [0.2, 0.25) is 0 Å². The summed E-state index contributed by atoms with van der Waals surface area (Å²) in [5, 5.41) is 5.80. The van der Waals surface area contributed by atoms with Crippen LogP contribution in [-0.4, -0.2) is 24.5 Å². The number of amides is 2. The Morgan fingerprint density at radius 1 is 0.844 bits per heavy atom. The number of anilines is 1. The fraction of sp³-hybridized carbons (Fsp3) is 0.259. The molecule has 0 unspecified atom stereocenters. The summed E-state index contributed by atoms with van der Waals surface area (Å²) in [7, 11) is 0. The van der Waals surface area contributed by atoms with Crippen LogP contribution in [0.25, 0.3) is 0 Å². The van der Waals surface area contributed by atoms with Crippen molar-refractivity contribution in [2.24, 2.45) is 0 Å². The van der Waals surface area contributed by atoms with Gasteiger partial charge in [-0.15, -0.1) is 0 Å².